The van der Waals surface area contributed by atoms with Gasteiger partial charge in [-0.1, -0.05) is 36.2 Å². The van der Waals surface area contributed by atoms with E-state index in [4.69, 9.17) is 27.9 Å². The molecule has 0 atom stereocenters. The Bertz CT molecular complexity index is 1550. The summed E-state index contributed by atoms with van der Waals surface area (Å²) in [5.74, 6) is -2.21. The number of ether oxygens (including phenoxy) is 1. The zero-order chi connectivity index (χ0) is 31.8. The second kappa shape index (κ2) is 12.7. The molecule has 0 radical (unpaired) electrons. The summed E-state index contributed by atoms with van der Waals surface area (Å²) >= 11 is 13.1. The van der Waals surface area contributed by atoms with Crippen molar-refractivity contribution >= 4 is 46.2 Å². The van der Waals surface area contributed by atoms with Gasteiger partial charge in [0.15, 0.2) is 12.3 Å². The maximum atomic E-state index is 13.2. The SMILES string of the molecule is CC1(C(=O)NCc2ccc(Cl)c(Cc3nc4nc(OCC(F)F)c(C(=O)NC5CCC(C(F)(F)F)CC5)cc4[nH]3)c2Cl)CC1. The number of carbonyl (C=O) groups is 2. The van der Waals surface area contributed by atoms with Gasteiger partial charge in [-0.2, -0.15) is 18.2 Å². The van der Waals surface area contributed by atoms with Crippen molar-refractivity contribution in [3.8, 4) is 5.88 Å². The molecule has 0 saturated heterocycles. The van der Waals surface area contributed by atoms with E-state index < -0.39 is 37.1 Å². The van der Waals surface area contributed by atoms with Gasteiger partial charge in [0.1, 0.15) is 11.4 Å². The lowest BCUT2D eigenvalue weighted by Crippen LogP contribution is -2.40. The maximum absolute atomic E-state index is 13.2. The van der Waals surface area contributed by atoms with Crippen LogP contribution in [0.1, 0.15) is 72.8 Å². The van der Waals surface area contributed by atoms with Gasteiger partial charge in [-0.05, 0) is 61.8 Å². The number of alkyl halides is 5. The number of aromatic nitrogens is 3. The van der Waals surface area contributed by atoms with Crippen molar-refractivity contribution in [2.75, 3.05) is 6.61 Å². The molecule has 0 aliphatic heterocycles. The van der Waals surface area contributed by atoms with E-state index in [9.17, 15) is 31.5 Å². The number of hydrogen-bond acceptors (Lipinski definition) is 5. The van der Waals surface area contributed by atoms with Crippen LogP contribution in [0.5, 0.6) is 5.88 Å². The van der Waals surface area contributed by atoms with Crippen LogP contribution in [0.15, 0.2) is 18.2 Å². The minimum absolute atomic E-state index is 0.0490. The van der Waals surface area contributed by atoms with Crippen LogP contribution in [0.3, 0.4) is 0 Å². The molecule has 5 rings (SSSR count). The number of rotatable bonds is 10. The molecule has 2 aromatic heterocycles. The number of halogens is 7. The van der Waals surface area contributed by atoms with Gasteiger partial charge in [0.25, 0.3) is 12.3 Å². The molecule has 2 amide bonds. The fourth-order valence-corrected chi connectivity index (χ4v) is 5.79. The molecule has 0 bridgehead atoms. The Balaban J connectivity index is 1.35. The first-order valence-electron chi connectivity index (χ1n) is 14.2. The summed E-state index contributed by atoms with van der Waals surface area (Å²) in [5.41, 5.74) is 1.05. The van der Waals surface area contributed by atoms with Crippen molar-refractivity contribution < 1.29 is 36.3 Å². The number of benzene rings is 1. The zero-order valence-corrected chi connectivity index (χ0v) is 25.1. The molecule has 0 unspecified atom stereocenters. The lowest BCUT2D eigenvalue weighted by molar-refractivity contribution is -0.182. The smallest absolute Gasteiger partial charge is 0.391 e. The van der Waals surface area contributed by atoms with Crippen molar-refractivity contribution in [1.82, 2.24) is 25.6 Å². The van der Waals surface area contributed by atoms with Gasteiger partial charge < -0.3 is 20.4 Å². The van der Waals surface area contributed by atoms with Crippen LogP contribution >= 0.6 is 23.2 Å². The predicted molar refractivity (Wildman–Crippen MR) is 153 cm³/mol. The number of pyridine rings is 1. The van der Waals surface area contributed by atoms with Crippen molar-refractivity contribution in [2.45, 2.75) is 77.1 Å². The molecule has 2 fully saturated rings. The monoisotopic (exact) mass is 661 g/mol. The average molecular weight is 662 g/mol. The van der Waals surface area contributed by atoms with Gasteiger partial charge in [-0.15, -0.1) is 0 Å². The number of nitrogens with zero attached hydrogens (tertiary/aromatic N) is 2. The summed E-state index contributed by atoms with van der Waals surface area (Å²) in [5, 5.41) is 6.28. The maximum Gasteiger partial charge on any atom is 0.391 e. The summed E-state index contributed by atoms with van der Waals surface area (Å²) in [6.07, 6.45) is -5.36. The Morgan fingerprint density at radius 1 is 1.14 bits per heavy atom. The Kier molecular flexibility index (Phi) is 9.27. The Morgan fingerprint density at radius 2 is 1.84 bits per heavy atom. The number of amides is 2. The molecular weight excluding hydrogens is 632 g/mol. The Hall–Kier alpha value is -3.19. The third kappa shape index (κ3) is 7.36. The van der Waals surface area contributed by atoms with Gasteiger partial charge in [0.2, 0.25) is 11.8 Å². The Morgan fingerprint density at radius 3 is 2.48 bits per heavy atom. The van der Waals surface area contributed by atoms with Crippen LogP contribution in [0.25, 0.3) is 11.2 Å². The topological polar surface area (TPSA) is 109 Å². The van der Waals surface area contributed by atoms with Gasteiger partial charge in [-0.3, -0.25) is 9.59 Å². The highest BCUT2D eigenvalue weighted by molar-refractivity contribution is 6.36. The van der Waals surface area contributed by atoms with Crippen molar-refractivity contribution in [3.05, 3.63) is 50.8 Å². The number of H-pyrrole nitrogens is 1. The molecule has 2 saturated carbocycles. The third-order valence-electron chi connectivity index (χ3n) is 8.20. The van der Waals surface area contributed by atoms with E-state index in [-0.39, 0.29) is 67.1 Å². The average Bonchev–Trinajstić information content (AvgIpc) is 3.59. The summed E-state index contributed by atoms with van der Waals surface area (Å²) in [4.78, 5) is 37.2. The standard InChI is InChI=1S/C29H30Cl2F5N5O3/c1-28(8-9-28)27(43)37-12-14-2-7-19(30)17(23(14)31)11-22-39-20-10-18(26(41-24(20)40-22)44-13-21(32)33)25(42)38-16-5-3-15(4-6-16)29(34,35)36/h2,7,10,15-16,21H,3-6,8-9,11-13H2,1H3,(H,37,43)(H,38,42)(H,39,40,41). The minimum atomic E-state index is -4.29. The quantitative estimate of drug-likeness (QED) is 0.208. The fraction of sp³-hybridized carbons (Fsp3) is 0.517. The molecule has 238 valence electrons. The second-order valence-corrected chi connectivity index (χ2v) is 12.4. The number of fused-ring (bicyclic) bond motifs is 1. The van der Waals surface area contributed by atoms with Crippen molar-refractivity contribution in [3.63, 3.8) is 0 Å². The largest absolute Gasteiger partial charge is 0.471 e. The normalized spacial score (nSPS) is 19.7. The van der Waals surface area contributed by atoms with Crippen molar-refractivity contribution in [2.24, 2.45) is 11.3 Å². The highest BCUT2D eigenvalue weighted by Crippen LogP contribution is 2.45. The molecule has 8 nitrogen and oxygen atoms in total. The molecule has 2 heterocycles. The van der Waals surface area contributed by atoms with Gasteiger partial charge in [-0.25, -0.2) is 13.8 Å². The molecule has 3 aromatic rings. The number of aromatic amines is 1. The van der Waals surface area contributed by atoms with Crippen LogP contribution < -0.4 is 15.4 Å². The summed E-state index contributed by atoms with van der Waals surface area (Å²) < 4.78 is 70.2. The predicted octanol–water partition coefficient (Wildman–Crippen LogP) is 6.77. The van der Waals surface area contributed by atoms with E-state index in [0.29, 0.717) is 32.5 Å². The summed E-state index contributed by atoms with van der Waals surface area (Å²) in [6.45, 7) is 1.08. The fourth-order valence-electron chi connectivity index (χ4n) is 5.22. The molecule has 1 aromatic carbocycles. The molecule has 15 heteroatoms. The van der Waals surface area contributed by atoms with Crippen LogP contribution in [-0.4, -0.2) is 52.0 Å². The van der Waals surface area contributed by atoms with Gasteiger partial charge in [0.05, 0.1) is 16.5 Å². The summed E-state index contributed by atoms with van der Waals surface area (Å²) in [7, 11) is 0. The molecule has 0 spiro atoms. The highest BCUT2D eigenvalue weighted by Gasteiger charge is 2.44. The van der Waals surface area contributed by atoms with E-state index >= 15 is 0 Å². The zero-order valence-electron chi connectivity index (χ0n) is 23.6. The first-order chi connectivity index (χ1) is 20.7. The van der Waals surface area contributed by atoms with Crippen LogP contribution in [0.4, 0.5) is 22.0 Å². The van der Waals surface area contributed by atoms with E-state index in [1.54, 1.807) is 12.1 Å². The number of nitrogens with one attached hydrogen (secondary N) is 3. The van der Waals surface area contributed by atoms with Crippen LogP contribution in [0.2, 0.25) is 10.0 Å². The molecule has 2 aliphatic rings. The van der Waals surface area contributed by atoms with E-state index in [2.05, 4.69) is 25.6 Å². The van der Waals surface area contributed by atoms with Gasteiger partial charge >= 0.3 is 6.18 Å². The van der Waals surface area contributed by atoms with E-state index in [1.165, 1.54) is 6.07 Å². The van der Waals surface area contributed by atoms with Crippen LogP contribution in [-0.2, 0) is 17.8 Å². The van der Waals surface area contributed by atoms with E-state index in [1.807, 2.05) is 6.92 Å². The number of hydrogen-bond donors (Lipinski definition) is 3. The first kappa shape index (κ1) is 32.2. The lowest BCUT2D eigenvalue weighted by Gasteiger charge is -2.30. The van der Waals surface area contributed by atoms with Gasteiger partial charge in [0, 0.05) is 29.4 Å². The first-order valence-corrected chi connectivity index (χ1v) is 14.9. The lowest BCUT2D eigenvalue weighted by atomic mass is 9.85. The van der Waals surface area contributed by atoms with E-state index in [0.717, 1.165) is 12.8 Å². The third-order valence-corrected chi connectivity index (χ3v) is 9.03. The Labute approximate surface area is 259 Å². The molecular formula is C29H30Cl2F5N5O3. The van der Waals surface area contributed by atoms with Crippen LogP contribution in [0, 0.1) is 11.3 Å². The van der Waals surface area contributed by atoms with Crippen molar-refractivity contribution in [1.29, 1.82) is 0 Å². The molecule has 3 N–H and O–H groups in total. The number of imidazole rings is 1. The summed E-state index contributed by atoms with van der Waals surface area (Å²) in [6, 6.07) is 4.21. The molecule has 44 heavy (non-hydrogen) atoms. The second-order valence-electron chi connectivity index (χ2n) is 11.6. The number of carbonyl (C=O) groups excluding carboxylic acids is 2. The highest BCUT2D eigenvalue weighted by atomic mass is 35.5. The molecule has 2 aliphatic carbocycles. The minimum Gasteiger partial charge on any atom is -0.471 e.